The van der Waals surface area contributed by atoms with E-state index in [0.717, 1.165) is 5.56 Å². The molecule has 0 fully saturated rings. The number of ketones is 1. The molecule has 138 valence electrons. The quantitative estimate of drug-likeness (QED) is 0.676. The van der Waals surface area contributed by atoms with Crippen molar-refractivity contribution in [3.8, 4) is 11.5 Å². The number of oxazole rings is 1. The molecule has 0 unspecified atom stereocenters. The number of Topliss-reactive ketones (excluding diaryl/α,β-unsaturated/α-hetero) is 1. The van der Waals surface area contributed by atoms with Crippen molar-refractivity contribution >= 4 is 17.4 Å². The van der Waals surface area contributed by atoms with Crippen molar-refractivity contribution in [2.24, 2.45) is 0 Å². The smallest absolute Gasteiger partial charge is 0.230 e. The second-order valence-electron chi connectivity index (χ2n) is 6.34. The minimum Gasteiger partial charge on any atom is -0.441 e. The van der Waals surface area contributed by atoms with Crippen molar-refractivity contribution in [1.82, 2.24) is 4.98 Å². The van der Waals surface area contributed by atoms with Crippen molar-refractivity contribution < 1.29 is 18.4 Å². The third-order valence-corrected chi connectivity index (χ3v) is 4.23. The van der Waals surface area contributed by atoms with Crippen LogP contribution in [-0.2, 0) is 11.2 Å². The monoisotopic (exact) mass is 366 g/mol. The van der Waals surface area contributed by atoms with Crippen LogP contribution in [-0.4, -0.2) is 16.7 Å². The van der Waals surface area contributed by atoms with Crippen LogP contribution in [0.15, 0.2) is 46.9 Å². The van der Waals surface area contributed by atoms with Crippen LogP contribution in [0.5, 0.6) is 0 Å². The van der Waals surface area contributed by atoms with Crippen molar-refractivity contribution in [2.45, 2.75) is 27.2 Å². The Morgan fingerprint density at radius 2 is 1.81 bits per heavy atom. The summed E-state index contributed by atoms with van der Waals surface area (Å²) in [4.78, 5) is 28.3. The van der Waals surface area contributed by atoms with Gasteiger partial charge in [0.1, 0.15) is 11.6 Å². The molecule has 1 heterocycles. The van der Waals surface area contributed by atoms with Crippen LogP contribution in [0.2, 0.25) is 0 Å². The molecule has 0 aliphatic heterocycles. The Balaban J connectivity index is 1.76. The van der Waals surface area contributed by atoms with Crippen molar-refractivity contribution in [3.63, 3.8) is 0 Å². The second kappa shape index (κ2) is 7.53. The van der Waals surface area contributed by atoms with Gasteiger partial charge < -0.3 is 9.73 Å². The highest BCUT2D eigenvalue weighted by Crippen LogP contribution is 2.23. The molecular formula is C21H19FN2O3. The molecule has 0 aliphatic carbocycles. The van der Waals surface area contributed by atoms with Crippen molar-refractivity contribution in [1.29, 1.82) is 0 Å². The van der Waals surface area contributed by atoms with Gasteiger partial charge in [0.15, 0.2) is 5.78 Å². The topological polar surface area (TPSA) is 72.2 Å². The number of amides is 1. The Labute approximate surface area is 156 Å². The number of hydrogen-bond donors (Lipinski definition) is 1. The first-order chi connectivity index (χ1) is 12.8. The standard InChI is InChI=1S/C21H19FN2O3/c1-12-4-5-16(13(2)25)10-18(12)23-20(26)11-19-14(3)27-21(24-19)15-6-8-17(22)9-7-15/h4-10H,11H2,1-3H3,(H,23,26). The van der Waals surface area contributed by atoms with Gasteiger partial charge in [0, 0.05) is 16.8 Å². The number of anilines is 1. The average molecular weight is 366 g/mol. The van der Waals surface area contributed by atoms with Gasteiger partial charge in [-0.2, -0.15) is 0 Å². The number of halogens is 1. The molecule has 0 spiro atoms. The number of carbonyl (C=O) groups is 2. The predicted octanol–water partition coefficient (Wildman–Crippen LogP) is 4.48. The van der Waals surface area contributed by atoms with Crippen LogP contribution >= 0.6 is 0 Å². The predicted molar refractivity (Wildman–Crippen MR) is 100 cm³/mol. The van der Waals surface area contributed by atoms with Crippen LogP contribution in [0.25, 0.3) is 11.5 Å². The summed E-state index contributed by atoms with van der Waals surface area (Å²) in [6, 6.07) is 11.0. The largest absolute Gasteiger partial charge is 0.441 e. The van der Waals surface area contributed by atoms with E-state index < -0.39 is 0 Å². The first kappa shape index (κ1) is 18.5. The minimum absolute atomic E-state index is 0.0280. The van der Waals surface area contributed by atoms with Gasteiger partial charge in [-0.3, -0.25) is 9.59 Å². The van der Waals surface area contributed by atoms with Crippen LogP contribution in [0.4, 0.5) is 10.1 Å². The van der Waals surface area contributed by atoms with Crippen LogP contribution in [0.1, 0.15) is 34.3 Å². The molecule has 0 saturated heterocycles. The lowest BCUT2D eigenvalue weighted by Crippen LogP contribution is -2.16. The van der Waals surface area contributed by atoms with Crippen LogP contribution in [0, 0.1) is 19.7 Å². The maximum atomic E-state index is 13.1. The number of carbonyl (C=O) groups excluding carboxylic acids is 2. The van der Waals surface area contributed by atoms with Gasteiger partial charge in [-0.05, 0) is 56.7 Å². The molecule has 0 bridgehead atoms. The zero-order valence-electron chi connectivity index (χ0n) is 15.3. The Hall–Kier alpha value is -3.28. The first-order valence-electron chi connectivity index (χ1n) is 8.47. The zero-order valence-corrected chi connectivity index (χ0v) is 15.3. The third kappa shape index (κ3) is 4.28. The van der Waals surface area contributed by atoms with Gasteiger partial charge in [0.25, 0.3) is 0 Å². The van der Waals surface area contributed by atoms with Gasteiger partial charge in [-0.25, -0.2) is 9.37 Å². The Kier molecular flexibility index (Phi) is 5.16. The molecule has 5 nitrogen and oxygen atoms in total. The number of nitrogens with one attached hydrogen (secondary N) is 1. The summed E-state index contributed by atoms with van der Waals surface area (Å²) in [6.45, 7) is 5.06. The average Bonchev–Trinajstić information content (AvgIpc) is 2.97. The van der Waals surface area contributed by atoms with Crippen LogP contribution in [0.3, 0.4) is 0 Å². The molecule has 0 saturated carbocycles. The normalized spacial score (nSPS) is 10.7. The van der Waals surface area contributed by atoms with E-state index >= 15 is 0 Å². The molecule has 0 aliphatic rings. The number of rotatable bonds is 5. The van der Waals surface area contributed by atoms with E-state index in [2.05, 4.69) is 10.3 Å². The second-order valence-corrected chi connectivity index (χ2v) is 6.34. The first-order valence-corrected chi connectivity index (χ1v) is 8.47. The summed E-state index contributed by atoms with van der Waals surface area (Å²) in [6.07, 6.45) is 0.0280. The highest BCUT2D eigenvalue weighted by molar-refractivity contribution is 5.98. The summed E-state index contributed by atoms with van der Waals surface area (Å²) in [5.41, 5.74) is 3.13. The highest BCUT2D eigenvalue weighted by Gasteiger charge is 2.16. The Morgan fingerprint density at radius 3 is 2.48 bits per heavy atom. The third-order valence-electron chi connectivity index (χ3n) is 4.23. The lowest BCUT2D eigenvalue weighted by molar-refractivity contribution is -0.115. The molecule has 0 radical (unpaired) electrons. The number of aromatic nitrogens is 1. The maximum absolute atomic E-state index is 13.1. The number of nitrogens with zero attached hydrogens (tertiary/aromatic N) is 1. The number of hydrogen-bond acceptors (Lipinski definition) is 4. The fourth-order valence-electron chi connectivity index (χ4n) is 2.63. The number of aryl methyl sites for hydroxylation is 2. The Morgan fingerprint density at radius 1 is 1.11 bits per heavy atom. The van der Waals surface area contributed by atoms with Gasteiger partial charge in [-0.1, -0.05) is 12.1 Å². The van der Waals surface area contributed by atoms with E-state index in [1.807, 2.05) is 6.92 Å². The van der Waals surface area contributed by atoms with Gasteiger partial charge in [0.2, 0.25) is 11.8 Å². The van der Waals surface area contributed by atoms with Gasteiger partial charge in [0.05, 0.1) is 12.1 Å². The van der Waals surface area contributed by atoms with Gasteiger partial charge in [-0.15, -0.1) is 0 Å². The van der Waals surface area contributed by atoms with Crippen LogP contribution < -0.4 is 5.32 Å². The van der Waals surface area contributed by atoms with E-state index in [1.165, 1.54) is 19.1 Å². The summed E-state index contributed by atoms with van der Waals surface area (Å²) >= 11 is 0. The summed E-state index contributed by atoms with van der Waals surface area (Å²) in [7, 11) is 0. The van der Waals surface area contributed by atoms with E-state index in [1.54, 1.807) is 37.3 Å². The molecular weight excluding hydrogens is 347 g/mol. The van der Waals surface area contributed by atoms with Crippen molar-refractivity contribution in [2.75, 3.05) is 5.32 Å². The molecule has 3 aromatic rings. The van der Waals surface area contributed by atoms with E-state index in [0.29, 0.717) is 34.2 Å². The molecule has 1 aromatic heterocycles. The van der Waals surface area contributed by atoms with Gasteiger partial charge >= 0.3 is 0 Å². The molecule has 0 atom stereocenters. The molecule has 3 rings (SSSR count). The Bertz CT molecular complexity index is 1010. The molecule has 1 amide bonds. The lowest BCUT2D eigenvalue weighted by Gasteiger charge is -2.09. The molecule has 27 heavy (non-hydrogen) atoms. The summed E-state index contributed by atoms with van der Waals surface area (Å²) in [5.74, 6) is 0.191. The van der Waals surface area contributed by atoms with Crippen molar-refractivity contribution in [3.05, 3.63) is 70.9 Å². The minimum atomic E-state index is -0.343. The SMILES string of the molecule is CC(=O)c1ccc(C)c(NC(=O)Cc2nc(-c3ccc(F)cc3)oc2C)c1. The van der Waals surface area contributed by atoms with E-state index in [4.69, 9.17) is 4.42 Å². The number of benzene rings is 2. The van der Waals surface area contributed by atoms with E-state index in [-0.39, 0.29) is 23.9 Å². The highest BCUT2D eigenvalue weighted by atomic mass is 19.1. The van der Waals surface area contributed by atoms with E-state index in [9.17, 15) is 14.0 Å². The fraction of sp³-hybridized carbons (Fsp3) is 0.190. The lowest BCUT2D eigenvalue weighted by atomic mass is 10.1. The summed E-state index contributed by atoms with van der Waals surface area (Å²) < 4.78 is 18.7. The molecule has 1 N–H and O–H groups in total. The molecule has 2 aromatic carbocycles. The zero-order chi connectivity index (χ0) is 19.6. The fourth-order valence-corrected chi connectivity index (χ4v) is 2.63. The maximum Gasteiger partial charge on any atom is 0.230 e. The molecule has 6 heteroatoms. The summed E-state index contributed by atoms with van der Waals surface area (Å²) in [5, 5.41) is 2.82.